The van der Waals surface area contributed by atoms with Gasteiger partial charge >= 0.3 is 0 Å². The van der Waals surface area contributed by atoms with E-state index >= 15 is 0 Å². The molecule has 0 radical (unpaired) electrons. The molecule has 2 atom stereocenters. The van der Waals surface area contributed by atoms with Gasteiger partial charge in [-0.05, 0) is 38.8 Å². The summed E-state index contributed by atoms with van der Waals surface area (Å²) in [7, 11) is 0. The summed E-state index contributed by atoms with van der Waals surface area (Å²) in [6.07, 6.45) is 2.89. The summed E-state index contributed by atoms with van der Waals surface area (Å²) in [5.41, 5.74) is 0.562. The molecule has 18 heavy (non-hydrogen) atoms. The highest BCUT2D eigenvalue weighted by atomic mass is 16.5. The van der Waals surface area contributed by atoms with Gasteiger partial charge in [0.2, 0.25) is 0 Å². The summed E-state index contributed by atoms with van der Waals surface area (Å²) in [5, 5.41) is 0. The number of hydrogen-bond acceptors (Lipinski definition) is 3. The fraction of sp³-hybridized carbons (Fsp3) is 0.533. The van der Waals surface area contributed by atoms with Crippen LogP contribution in [0.2, 0.25) is 0 Å². The zero-order valence-corrected chi connectivity index (χ0v) is 11.6. The summed E-state index contributed by atoms with van der Waals surface area (Å²) < 4.78 is 11.5. The van der Waals surface area contributed by atoms with E-state index in [2.05, 4.69) is 6.92 Å². The van der Waals surface area contributed by atoms with Crippen molar-refractivity contribution in [3.8, 4) is 11.5 Å². The first-order chi connectivity index (χ1) is 8.60. The Bertz CT molecular complexity index is 387. The largest absolute Gasteiger partial charge is 0.491 e. The molecule has 0 aliphatic heterocycles. The zero-order valence-electron chi connectivity index (χ0n) is 11.6. The molecule has 1 aromatic rings. The van der Waals surface area contributed by atoms with Gasteiger partial charge in [-0.25, -0.2) is 0 Å². The molecule has 2 unspecified atom stereocenters. The first-order valence-electron chi connectivity index (χ1n) is 6.53. The quantitative estimate of drug-likeness (QED) is 0.689. The fourth-order valence-corrected chi connectivity index (χ4v) is 1.40. The molecule has 0 saturated heterocycles. The van der Waals surface area contributed by atoms with Crippen molar-refractivity contribution in [2.45, 2.75) is 52.7 Å². The van der Waals surface area contributed by atoms with Gasteiger partial charge in [0.15, 0.2) is 6.29 Å². The molecule has 0 amide bonds. The molecule has 0 spiro atoms. The van der Waals surface area contributed by atoms with Gasteiger partial charge in [-0.1, -0.05) is 13.8 Å². The predicted molar refractivity (Wildman–Crippen MR) is 72.6 cm³/mol. The highest BCUT2D eigenvalue weighted by Gasteiger charge is 2.10. The molecule has 0 saturated carbocycles. The van der Waals surface area contributed by atoms with Gasteiger partial charge in [-0.2, -0.15) is 0 Å². The fourth-order valence-electron chi connectivity index (χ4n) is 1.40. The van der Waals surface area contributed by atoms with Crippen LogP contribution >= 0.6 is 0 Å². The number of carbonyl (C=O) groups is 1. The number of aldehydes is 1. The van der Waals surface area contributed by atoms with Crippen LogP contribution in [-0.4, -0.2) is 18.5 Å². The van der Waals surface area contributed by atoms with Gasteiger partial charge in [0.25, 0.3) is 0 Å². The third kappa shape index (κ3) is 4.06. The molecule has 100 valence electrons. The molecule has 0 bridgehead atoms. The van der Waals surface area contributed by atoms with Crippen LogP contribution in [-0.2, 0) is 0 Å². The van der Waals surface area contributed by atoms with Crippen molar-refractivity contribution in [2.24, 2.45) is 0 Å². The predicted octanol–water partition coefficient (Wildman–Crippen LogP) is 3.85. The zero-order chi connectivity index (χ0) is 13.5. The Labute approximate surface area is 109 Å². The SMILES string of the molecule is CCC(C)Oc1ccc(C=O)c(OC(C)CC)c1. The molecule has 0 aromatic heterocycles. The lowest BCUT2D eigenvalue weighted by molar-refractivity contribution is 0.111. The highest BCUT2D eigenvalue weighted by molar-refractivity contribution is 5.79. The Morgan fingerprint density at radius 2 is 1.72 bits per heavy atom. The van der Waals surface area contributed by atoms with Crippen LogP contribution in [0.1, 0.15) is 50.9 Å². The minimum absolute atomic E-state index is 0.0857. The molecule has 0 aliphatic carbocycles. The van der Waals surface area contributed by atoms with Gasteiger partial charge in [0.1, 0.15) is 11.5 Å². The van der Waals surface area contributed by atoms with Crippen molar-refractivity contribution in [3.63, 3.8) is 0 Å². The molecule has 1 rings (SSSR count). The number of carbonyl (C=O) groups excluding carboxylic acids is 1. The number of ether oxygens (including phenoxy) is 2. The van der Waals surface area contributed by atoms with Gasteiger partial charge in [-0.15, -0.1) is 0 Å². The van der Waals surface area contributed by atoms with Crippen molar-refractivity contribution in [3.05, 3.63) is 23.8 Å². The van der Waals surface area contributed by atoms with Crippen LogP contribution < -0.4 is 9.47 Å². The van der Waals surface area contributed by atoms with Crippen LogP contribution in [0.3, 0.4) is 0 Å². The Hall–Kier alpha value is -1.51. The van der Waals surface area contributed by atoms with Crippen LogP contribution in [0.5, 0.6) is 11.5 Å². The second-order valence-corrected chi connectivity index (χ2v) is 4.49. The molecule has 3 heteroatoms. The van der Waals surface area contributed by atoms with Crippen LogP contribution in [0.25, 0.3) is 0 Å². The molecule has 0 N–H and O–H groups in total. The maximum atomic E-state index is 11.0. The average Bonchev–Trinajstić information content (AvgIpc) is 2.38. The van der Waals surface area contributed by atoms with E-state index < -0.39 is 0 Å². The standard InChI is InChI=1S/C15H22O3/c1-5-11(3)17-14-8-7-13(10-16)15(9-14)18-12(4)6-2/h7-12H,5-6H2,1-4H3. The Morgan fingerprint density at radius 1 is 1.11 bits per heavy atom. The van der Waals surface area contributed by atoms with E-state index in [9.17, 15) is 4.79 Å². The van der Waals surface area contributed by atoms with Gasteiger partial charge in [0, 0.05) is 6.07 Å². The van der Waals surface area contributed by atoms with Gasteiger partial charge in [0.05, 0.1) is 17.8 Å². The van der Waals surface area contributed by atoms with Crippen LogP contribution in [0, 0.1) is 0 Å². The average molecular weight is 250 g/mol. The Balaban J connectivity index is 2.90. The summed E-state index contributed by atoms with van der Waals surface area (Å²) in [4.78, 5) is 11.0. The van der Waals surface area contributed by atoms with Crippen molar-refractivity contribution in [1.29, 1.82) is 0 Å². The molecule has 1 aromatic carbocycles. The molecule has 3 nitrogen and oxygen atoms in total. The van der Waals surface area contributed by atoms with E-state index in [0.29, 0.717) is 11.3 Å². The van der Waals surface area contributed by atoms with Crippen molar-refractivity contribution >= 4 is 6.29 Å². The second kappa shape index (κ2) is 7.04. The van der Waals surface area contributed by atoms with Crippen LogP contribution in [0.15, 0.2) is 18.2 Å². The summed E-state index contributed by atoms with van der Waals surface area (Å²) in [5.74, 6) is 1.34. The normalized spacial score (nSPS) is 13.8. The molecular formula is C15H22O3. The molecular weight excluding hydrogens is 228 g/mol. The van der Waals surface area contributed by atoms with Gasteiger partial charge < -0.3 is 9.47 Å². The smallest absolute Gasteiger partial charge is 0.153 e. The third-order valence-corrected chi connectivity index (χ3v) is 2.93. The summed E-state index contributed by atoms with van der Waals surface area (Å²) in [6.45, 7) is 8.12. The van der Waals surface area contributed by atoms with E-state index in [-0.39, 0.29) is 12.2 Å². The van der Waals surface area contributed by atoms with Crippen molar-refractivity contribution in [1.82, 2.24) is 0 Å². The lowest BCUT2D eigenvalue weighted by atomic mass is 10.2. The van der Waals surface area contributed by atoms with Crippen LogP contribution in [0.4, 0.5) is 0 Å². The van der Waals surface area contributed by atoms with E-state index in [4.69, 9.17) is 9.47 Å². The van der Waals surface area contributed by atoms with E-state index in [1.165, 1.54) is 0 Å². The molecule has 0 aliphatic rings. The minimum Gasteiger partial charge on any atom is -0.491 e. The molecule has 0 heterocycles. The summed E-state index contributed by atoms with van der Waals surface area (Å²) >= 11 is 0. The lowest BCUT2D eigenvalue weighted by Gasteiger charge is -2.17. The first kappa shape index (κ1) is 14.6. The number of benzene rings is 1. The topological polar surface area (TPSA) is 35.5 Å². The maximum absolute atomic E-state index is 11.0. The van der Waals surface area contributed by atoms with E-state index in [1.807, 2.05) is 20.8 Å². The monoisotopic (exact) mass is 250 g/mol. The molecule has 0 fully saturated rings. The first-order valence-corrected chi connectivity index (χ1v) is 6.53. The number of hydrogen-bond donors (Lipinski definition) is 0. The third-order valence-electron chi connectivity index (χ3n) is 2.93. The number of rotatable bonds is 7. The maximum Gasteiger partial charge on any atom is 0.153 e. The Morgan fingerprint density at radius 3 is 2.28 bits per heavy atom. The van der Waals surface area contributed by atoms with Crippen molar-refractivity contribution < 1.29 is 14.3 Å². The van der Waals surface area contributed by atoms with E-state index in [1.54, 1.807) is 18.2 Å². The lowest BCUT2D eigenvalue weighted by Crippen LogP contribution is -2.12. The minimum atomic E-state index is 0.0857. The second-order valence-electron chi connectivity index (χ2n) is 4.49. The van der Waals surface area contributed by atoms with Crippen molar-refractivity contribution in [2.75, 3.05) is 0 Å². The Kier molecular flexibility index (Phi) is 5.69. The highest BCUT2D eigenvalue weighted by Crippen LogP contribution is 2.26. The van der Waals surface area contributed by atoms with Gasteiger partial charge in [-0.3, -0.25) is 4.79 Å². The van der Waals surface area contributed by atoms with E-state index in [0.717, 1.165) is 24.9 Å². The summed E-state index contributed by atoms with van der Waals surface area (Å²) in [6, 6.07) is 5.34.